The molecule has 5 nitrogen and oxygen atoms in total. The fourth-order valence-corrected chi connectivity index (χ4v) is 4.82. The summed E-state index contributed by atoms with van der Waals surface area (Å²) in [5.74, 6) is -0.184. The van der Waals surface area contributed by atoms with Crippen molar-refractivity contribution in [2.45, 2.75) is 33.1 Å². The Balaban J connectivity index is 1.81. The van der Waals surface area contributed by atoms with E-state index in [1.165, 1.54) is 11.3 Å². The maximum atomic E-state index is 12.7. The highest BCUT2D eigenvalue weighted by atomic mass is 79.9. The van der Waals surface area contributed by atoms with E-state index in [0.717, 1.165) is 20.1 Å². The number of carbonyl (C=O) groups excluding carboxylic acids is 2. The summed E-state index contributed by atoms with van der Waals surface area (Å²) < 4.78 is 13.0. The molecule has 0 bridgehead atoms. The van der Waals surface area contributed by atoms with Crippen LogP contribution in [0.5, 0.6) is 5.75 Å². The lowest BCUT2D eigenvalue weighted by atomic mass is 9.86. The zero-order valence-electron chi connectivity index (χ0n) is 18.8. The predicted molar refractivity (Wildman–Crippen MR) is 140 cm³/mol. The number of esters is 1. The van der Waals surface area contributed by atoms with E-state index in [1.807, 2.05) is 47.8 Å². The zero-order chi connectivity index (χ0) is 24.2. The molecule has 1 aromatic heterocycles. The molecule has 3 rings (SSSR count). The minimum absolute atomic E-state index is 0.153. The summed E-state index contributed by atoms with van der Waals surface area (Å²) in [7, 11) is 0. The van der Waals surface area contributed by atoms with Crippen LogP contribution in [0.1, 0.15) is 43.6 Å². The molecule has 1 heterocycles. The first-order chi connectivity index (χ1) is 15.6. The van der Waals surface area contributed by atoms with Crippen molar-refractivity contribution >= 4 is 60.1 Å². The zero-order valence-corrected chi connectivity index (χ0v) is 22.8. The highest BCUT2D eigenvalue weighted by molar-refractivity contribution is 9.10. The Morgan fingerprint density at radius 1 is 1.03 bits per heavy atom. The van der Waals surface area contributed by atoms with Crippen molar-refractivity contribution in [2.75, 3.05) is 18.5 Å². The lowest BCUT2D eigenvalue weighted by Gasteiger charge is -2.23. The summed E-state index contributed by atoms with van der Waals surface area (Å²) in [4.78, 5) is 25.5. The highest BCUT2D eigenvalue weighted by Crippen LogP contribution is 2.37. The van der Waals surface area contributed by atoms with Crippen LogP contribution in [0.3, 0.4) is 0 Å². The fourth-order valence-electron chi connectivity index (χ4n) is 3.22. The van der Waals surface area contributed by atoms with Gasteiger partial charge in [0.25, 0.3) is 5.91 Å². The number of anilines is 1. The smallest absolute Gasteiger partial charge is 0.341 e. The van der Waals surface area contributed by atoms with Gasteiger partial charge in [-0.15, -0.1) is 11.3 Å². The van der Waals surface area contributed by atoms with Crippen LogP contribution in [0, 0.1) is 0 Å². The molecule has 0 fully saturated rings. The van der Waals surface area contributed by atoms with E-state index in [4.69, 9.17) is 9.47 Å². The molecule has 33 heavy (non-hydrogen) atoms. The Hall–Kier alpha value is -2.16. The van der Waals surface area contributed by atoms with Gasteiger partial charge in [-0.05, 0) is 48.2 Å². The second-order valence-electron chi connectivity index (χ2n) is 8.31. The largest absolute Gasteiger partial charge is 0.483 e. The van der Waals surface area contributed by atoms with Crippen LogP contribution >= 0.6 is 43.2 Å². The SMILES string of the molecule is CCOC(=O)c1c(-c2ccc(Br)cc2)csc1NC(=O)COc1ccc(Br)cc1C(C)(C)C. The number of hydrogen-bond acceptors (Lipinski definition) is 5. The average Bonchev–Trinajstić information content (AvgIpc) is 3.16. The maximum absolute atomic E-state index is 12.7. The van der Waals surface area contributed by atoms with Crippen LogP contribution in [0.4, 0.5) is 5.00 Å². The quantitative estimate of drug-likeness (QED) is 0.289. The van der Waals surface area contributed by atoms with Gasteiger partial charge in [-0.2, -0.15) is 0 Å². The average molecular weight is 595 g/mol. The lowest BCUT2D eigenvalue weighted by molar-refractivity contribution is -0.118. The van der Waals surface area contributed by atoms with Crippen molar-refractivity contribution in [1.29, 1.82) is 0 Å². The van der Waals surface area contributed by atoms with Crippen LogP contribution in [-0.2, 0) is 14.9 Å². The molecule has 0 unspecified atom stereocenters. The van der Waals surface area contributed by atoms with Crippen molar-refractivity contribution in [3.8, 4) is 16.9 Å². The normalized spacial score (nSPS) is 11.2. The van der Waals surface area contributed by atoms with Gasteiger partial charge in [0.1, 0.15) is 16.3 Å². The van der Waals surface area contributed by atoms with Gasteiger partial charge in [-0.25, -0.2) is 4.79 Å². The van der Waals surface area contributed by atoms with Crippen molar-refractivity contribution in [2.24, 2.45) is 0 Å². The lowest BCUT2D eigenvalue weighted by Crippen LogP contribution is -2.22. The van der Waals surface area contributed by atoms with Crippen molar-refractivity contribution in [3.63, 3.8) is 0 Å². The molecule has 1 amide bonds. The van der Waals surface area contributed by atoms with Gasteiger partial charge >= 0.3 is 5.97 Å². The second-order valence-corrected chi connectivity index (χ2v) is 11.0. The van der Waals surface area contributed by atoms with Gasteiger partial charge in [0.05, 0.1) is 6.61 Å². The summed E-state index contributed by atoms with van der Waals surface area (Å²) in [6.07, 6.45) is 0. The van der Waals surface area contributed by atoms with Crippen LogP contribution in [0.2, 0.25) is 0 Å². The van der Waals surface area contributed by atoms with Gasteiger partial charge in [0.15, 0.2) is 6.61 Å². The Labute approximate surface area is 214 Å². The summed E-state index contributed by atoms with van der Waals surface area (Å²) in [6, 6.07) is 13.3. The van der Waals surface area contributed by atoms with E-state index in [-0.39, 0.29) is 24.5 Å². The Kier molecular flexibility index (Phi) is 8.37. The Bertz CT molecular complexity index is 1150. The molecule has 0 aliphatic carbocycles. The minimum Gasteiger partial charge on any atom is -0.483 e. The standard InChI is InChI=1S/C25H25Br2NO4S/c1-5-31-24(30)22-18(15-6-8-16(26)9-7-15)14-33-23(22)28-21(29)13-32-20-11-10-17(27)12-19(20)25(2,3)4/h6-12,14H,5,13H2,1-4H3,(H,28,29). The molecule has 8 heteroatoms. The number of rotatable bonds is 7. The monoisotopic (exact) mass is 593 g/mol. The second kappa shape index (κ2) is 10.8. The third-order valence-electron chi connectivity index (χ3n) is 4.79. The molecule has 2 aromatic carbocycles. The van der Waals surface area contributed by atoms with Crippen molar-refractivity contribution in [1.82, 2.24) is 0 Å². The molecule has 3 aromatic rings. The van der Waals surface area contributed by atoms with E-state index in [9.17, 15) is 9.59 Å². The molecule has 0 atom stereocenters. The third-order valence-corrected chi connectivity index (χ3v) is 6.70. The summed E-state index contributed by atoms with van der Waals surface area (Å²) in [5, 5.41) is 5.11. The molecule has 0 spiro atoms. The molecule has 1 N–H and O–H groups in total. The molecule has 0 aliphatic heterocycles. The van der Waals surface area contributed by atoms with Crippen LogP contribution in [0.15, 0.2) is 56.8 Å². The number of thiophene rings is 1. The molecule has 174 valence electrons. The molecule has 0 saturated heterocycles. The van der Waals surface area contributed by atoms with Gasteiger partial charge in [-0.1, -0.05) is 64.8 Å². The third kappa shape index (κ3) is 6.46. The highest BCUT2D eigenvalue weighted by Gasteiger charge is 2.24. The number of benzene rings is 2. The number of halogens is 2. The van der Waals surface area contributed by atoms with Crippen LogP contribution in [-0.4, -0.2) is 25.1 Å². The number of carbonyl (C=O) groups is 2. The molecular weight excluding hydrogens is 570 g/mol. The van der Waals surface area contributed by atoms with Gasteiger partial charge < -0.3 is 14.8 Å². The fraction of sp³-hybridized carbons (Fsp3) is 0.280. The van der Waals surface area contributed by atoms with E-state index in [2.05, 4.69) is 57.9 Å². The molecular formula is C25H25Br2NO4S. The molecule has 0 aliphatic rings. The molecule has 0 radical (unpaired) electrons. The summed E-state index contributed by atoms with van der Waals surface area (Å²) >= 11 is 8.20. The topological polar surface area (TPSA) is 64.6 Å². The predicted octanol–water partition coefficient (Wildman–Crippen LogP) is 7.43. The minimum atomic E-state index is -0.476. The van der Waals surface area contributed by atoms with Crippen LogP contribution in [0.25, 0.3) is 11.1 Å². The number of ether oxygens (including phenoxy) is 2. The summed E-state index contributed by atoms with van der Waals surface area (Å²) in [6.45, 7) is 8.07. The van der Waals surface area contributed by atoms with E-state index >= 15 is 0 Å². The van der Waals surface area contributed by atoms with Crippen LogP contribution < -0.4 is 10.1 Å². The van der Waals surface area contributed by atoms with E-state index in [0.29, 0.717) is 21.9 Å². The van der Waals surface area contributed by atoms with Crippen molar-refractivity contribution < 1.29 is 19.1 Å². The Morgan fingerprint density at radius 3 is 2.33 bits per heavy atom. The number of hydrogen-bond donors (Lipinski definition) is 1. The van der Waals surface area contributed by atoms with Gasteiger partial charge in [0, 0.05) is 25.5 Å². The van der Waals surface area contributed by atoms with Gasteiger partial charge in [-0.3, -0.25) is 4.79 Å². The first kappa shape index (κ1) is 25.5. The maximum Gasteiger partial charge on any atom is 0.341 e. The van der Waals surface area contributed by atoms with Crippen molar-refractivity contribution in [3.05, 3.63) is 67.9 Å². The number of nitrogens with one attached hydrogen (secondary N) is 1. The van der Waals surface area contributed by atoms with E-state index < -0.39 is 5.97 Å². The first-order valence-electron chi connectivity index (χ1n) is 10.4. The van der Waals surface area contributed by atoms with Gasteiger partial charge in [0.2, 0.25) is 0 Å². The molecule has 0 saturated carbocycles. The Morgan fingerprint density at radius 2 is 1.70 bits per heavy atom. The summed E-state index contributed by atoms with van der Waals surface area (Å²) in [5.41, 5.74) is 2.76. The number of amides is 1. The van der Waals surface area contributed by atoms with E-state index in [1.54, 1.807) is 6.92 Å². The first-order valence-corrected chi connectivity index (χ1v) is 12.8.